The van der Waals surface area contributed by atoms with Crippen molar-refractivity contribution >= 4 is 5.91 Å². The Morgan fingerprint density at radius 2 is 1.94 bits per heavy atom. The van der Waals surface area contributed by atoms with Crippen molar-refractivity contribution < 1.29 is 14.3 Å². The summed E-state index contributed by atoms with van der Waals surface area (Å²) in [4.78, 5) is 12.2. The van der Waals surface area contributed by atoms with Crippen LogP contribution in [0.2, 0.25) is 0 Å². The highest BCUT2D eigenvalue weighted by Crippen LogP contribution is 2.32. The van der Waals surface area contributed by atoms with E-state index in [9.17, 15) is 4.79 Å². The van der Waals surface area contributed by atoms with Gasteiger partial charge in [0.25, 0.3) is 0 Å². The second-order valence-electron chi connectivity index (χ2n) is 4.49. The van der Waals surface area contributed by atoms with Crippen LogP contribution in [0, 0.1) is 5.41 Å². The summed E-state index contributed by atoms with van der Waals surface area (Å²) in [7, 11) is 3.14. The van der Waals surface area contributed by atoms with Crippen LogP contribution in [0.3, 0.4) is 0 Å². The Balaban J connectivity index is 2.48. The van der Waals surface area contributed by atoms with E-state index in [4.69, 9.17) is 9.47 Å². The number of carbonyl (C=O) groups excluding carboxylic acids is 1. The molecule has 1 amide bonds. The summed E-state index contributed by atoms with van der Waals surface area (Å²) in [5.74, 6) is 0.126. The first kappa shape index (κ1) is 14.4. The highest BCUT2D eigenvalue weighted by atomic mass is 16.7. The minimum Gasteiger partial charge on any atom is -0.354 e. The van der Waals surface area contributed by atoms with E-state index in [1.54, 1.807) is 14.2 Å². The molecule has 17 heavy (non-hydrogen) atoms. The van der Waals surface area contributed by atoms with Gasteiger partial charge in [-0.2, -0.15) is 0 Å². The number of hydrogen-bond acceptors (Lipinski definition) is 4. The Bertz CT molecular complexity index is 236. The Hall–Kier alpha value is -0.650. The maximum Gasteiger partial charge on any atom is 0.226 e. The van der Waals surface area contributed by atoms with Crippen LogP contribution in [-0.2, 0) is 14.3 Å². The summed E-state index contributed by atoms with van der Waals surface area (Å²) >= 11 is 0. The Morgan fingerprint density at radius 3 is 2.41 bits per heavy atom. The van der Waals surface area contributed by atoms with Crippen molar-refractivity contribution in [2.75, 3.05) is 33.9 Å². The van der Waals surface area contributed by atoms with Crippen LogP contribution < -0.4 is 10.6 Å². The van der Waals surface area contributed by atoms with Gasteiger partial charge >= 0.3 is 0 Å². The van der Waals surface area contributed by atoms with E-state index < -0.39 is 0 Å². The van der Waals surface area contributed by atoms with Gasteiger partial charge in [0.15, 0.2) is 6.29 Å². The van der Waals surface area contributed by atoms with E-state index in [1.807, 2.05) is 0 Å². The van der Waals surface area contributed by atoms with E-state index in [0.29, 0.717) is 6.54 Å². The SMILES string of the molecule is CCC1(C(=O)NCC(OC)OC)CCNCC1. The lowest BCUT2D eigenvalue weighted by Gasteiger charge is -2.35. The molecule has 0 aliphatic carbocycles. The molecular formula is C12H24N2O3. The van der Waals surface area contributed by atoms with Crippen molar-refractivity contribution in [3.05, 3.63) is 0 Å². The monoisotopic (exact) mass is 244 g/mol. The molecule has 5 nitrogen and oxygen atoms in total. The molecule has 0 saturated carbocycles. The summed E-state index contributed by atoms with van der Waals surface area (Å²) < 4.78 is 10.1. The minimum absolute atomic E-state index is 0.126. The van der Waals surface area contributed by atoms with Crippen LogP contribution >= 0.6 is 0 Å². The molecule has 1 rings (SSSR count). The van der Waals surface area contributed by atoms with Gasteiger partial charge in [0, 0.05) is 14.2 Å². The van der Waals surface area contributed by atoms with Crippen LogP contribution in [0.25, 0.3) is 0 Å². The first-order valence-corrected chi connectivity index (χ1v) is 6.23. The van der Waals surface area contributed by atoms with Crippen LogP contribution in [0.15, 0.2) is 0 Å². The molecule has 1 fully saturated rings. The molecule has 0 bridgehead atoms. The molecule has 0 atom stereocenters. The standard InChI is InChI=1S/C12H24N2O3/c1-4-12(5-7-13-8-6-12)11(15)14-9-10(16-2)17-3/h10,13H,4-9H2,1-3H3,(H,14,15). The molecule has 0 spiro atoms. The molecule has 2 N–H and O–H groups in total. The smallest absolute Gasteiger partial charge is 0.226 e. The number of carbonyl (C=O) groups is 1. The van der Waals surface area contributed by atoms with E-state index >= 15 is 0 Å². The normalized spacial score (nSPS) is 19.3. The van der Waals surface area contributed by atoms with Gasteiger partial charge in [0.1, 0.15) is 0 Å². The highest BCUT2D eigenvalue weighted by molar-refractivity contribution is 5.82. The number of ether oxygens (including phenoxy) is 2. The quantitative estimate of drug-likeness (QED) is 0.668. The lowest BCUT2D eigenvalue weighted by molar-refractivity contribution is -0.138. The maximum atomic E-state index is 12.2. The van der Waals surface area contributed by atoms with E-state index in [-0.39, 0.29) is 17.6 Å². The highest BCUT2D eigenvalue weighted by Gasteiger charge is 2.37. The van der Waals surface area contributed by atoms with Crippen LogP contribution in [0.5, 0.6) is 0 Å². The second-order valence-corrected chi connectivity index (χ2v) is 4.49. The molecule has 0 radical (unpaired) electrons. The molecule has 1 saturated heterocycles. The predicted molar refractivity (Wildman–Crippen MR) is 65.6 cm³/mol. The van der Waals surface area contributed by atoms with Gasteiger partial charge in [0.2, 0.25) is 5.91 Å². The van der Waals surface area contributed by atoms with Crippen LogP contribution in [0.4, 0.5) is 0 Å². The van der Waals surface area contributed by atoms with E-state index in [1.165, 1.54) is 0 Å². The number of nitrogens with one attached hydrogen (secondary N) is 2. The van der Waals surface area contributed by atoms with Gasteiger partial charge in [0.05, 0.1) is 12.0 Å². The molecule has 0 unspecified atom stereocenters. The summed E-state index contributed by atoms with van der Waals surface area (Å²) in [5.41, 5.74) is -0.211. The molecule has 0 aromatic carbocycles. The Morgan fingerprint density at radius 1 is 1.35 bits per heavy atom. The zero-order valence-corrected chi connectivity index (χ0v) is 11.0. The molecule has 5 heteroatoms. The second kappa shape index (κ2) is 6.93. The summed E-state index contributed by atoms with van der Waals surface area (Å²) in [6, 6.07) is 0. The van der Waals surface area contributed by atoms with Gasteiger partial charge in [-0.25, -0.2) is 0 Å². The van der Waals surface area contributed by atoms with E-state index in [2.05, 4.69) is 17.6 Å². The average molecular weight is 244 g/mol. The molecule has 100 valence electrons. The number of rotatable bonds is 6. The van der Waals surface area contributed by atoms with Crippen molar-refractivity contribution in [3.8, 4) is 0 Å². The fourth-order valence-corrected chi connectivity index (χ4v) is 2.27. The molecule has 1 aliphatic heterocycles. The molecule has 1 heterocycles. The fraction of sp³-hybridized carbons (Fsp3) is 0.917. The lowest BCUT2D eigenvalue weighted by Crippen LogP contribution is -2.49. The zero-order chi connectivity index (χ0) is 12.7. The molecule has 0 aromatic heterocycles. The fourth-order valence-electron chi connectivity index (χ4n) is 2.27. The summed E-state index contributed by atoms with van der Waals surface area (Å²) in [6.45, 7) is 4.31. The van der Waals surface area contributed by atoms with Gasteiger partial charge in [-0.15, -0.1) is 0 Å². The number of hydrogen-bond donors (Lipinski definition) is 2. The maximum absolute atomic E-state index is 12.2. The number of amides is 1. The van der Waals surface area contributed by atoms with Crippen molar-refractivity contribution in [1.82, 2.24) is 10.6 Å². The first-order valence-electron chi connectivity index (χ1n) is 6.23. The van der Waals surface area contributed by atoms with Crippen molar-refractivity contribution in [2.45, 2.75) is 32.5 Å². The Labute approximate surface area is 103 Å². The van der Waals surface area contributed by atoms with Crippen molar-refractivity contribution in [1.29, 1.82) is 0 Å². The zero-order valence-electron chi connectivity index (χ0n) is 11.0. The van der Waals surface area contributed by atoms with Crippen molar-refractivity contribution in [2.24, 2.45) is 5.41 Å². The first-order chi connectivity index (χ1) is 8.18. The largest absolute Gasteiger partial charge is 0.354 e. The van der Waals surface area contributed by atoms with Gasteiger partial charge in [-0.3, -0.25) is 4.79 Å². The third-order valence-corrected chi connectivity index (χ3v) is 3.67. The predicted octanol–water partition coefficient (Wildman–Crippen LogP) is 0.501. The topological polar surface area (TPSA) is 59.6 Å². The summed E-state index contributed by atoms with van der Waals surface area (Å²) in [6.07, 6.45) is 2.32. The Kier molecular flexibility index (Phi) is 5.88. The summed E-state index contributed by atoms with van der Waals surface area (Å²) in [5, 5.41) is 6.22. The number of piperidine rings is 1. The third-order valence-electron chi connectivity index (χ3n) is 3.67. The minimum atomic E-state index is -0.366. The lowest BCUT2D eigenvalue weighted by atomic mass is 9.76. The van der Waals surface area contributed by atoms with Crippen molar-refractivity contribution in [3.63, 3.8) is 0 Å². The third kappa shape index (κ3) is 3.66. The molecule has 1 aliphatic rings. The van der Waals surface area contributed by atoms with Crippen LogP contribution in [0.1, 0.15) is 26.2 Å². The van der Waals surface area contributed by atoms with Gasteiger partial charge < -0.3 is 20.1 Å². The average Bonchev–Trinajstić information content (AvgIpc) is 2.40. The number of methoxy groups -OCH3 is 2. The van der Waals surface area contributed by atoms with Gasteiger partial charge in [-0.05, 0) is 32.4 Å². The van der Waals surface area contributed by atoms with Gasteiger partial charge in [-0.1, -0.05) is 6.92 Å². The molecule has 0 aromatic rings. The molecular weight excluding hydrogens is 220 g/mol. The van der Waals surface area contributed by atoms with E-state index in [0.717, 1.165) is 32.4 Å². The van der Waals surface area contributed by atoms with Crippen LogP contribution in [-0.4, -0.2) is 46.1 Å².